The first-order valence-electron chi connectivity index (χ1n) is 6.80. The molecule has 1 unspecified atom stereocenters. The molecule has 1 aromatic heterocycles. The van der Waals surface area contributed by atoms with Crippen molar-refractivity contribution in [1.82, 2.24) is 15.1 Å². The predicted molar refractivity (Wildman–Crippen MR) is 77.7 cm³/mol. The van der Waals surface area contributed by atoms with Crippen molar-refractivity contribution in [3.8, 4) is 5.75 Å². The fourth-order valence-electron chi connectivity index (χ4n) is 2.00. The van der Waals surface area contributed by atoms with E-state index in [1.54, 1.807) is 13.3 Å². The van der Waals surface area contributed by atoms with E-state index in [0.717, 1.165) is 30.8 Å². The number of hydrogen-bond acceptors (Lipinski definition) is 4. The van der Waals surface area contributed by atoms with Gasteiger partial charge in [-0.05, 0) is 36.7 Å². The quantitative estimate of drug-likeness (QED) is 0.719. The van der Waals surface area contributed by atoms with Gasteiger partial charge in [0.05, 0.1) is 13.2 Å². The van der Waals surface area contributed by atoms with Gasteiger partial charge in [-0.1, -0.05) is 12.1 Å². The molecule has 2 rings (SSSR count). The number of benzene rings is 1. The Labute approximate surface area is 119 Å². The normalized spacial score (nSPS) is 12.3. The Bertz CT molecular complexity index is 500. The van der Waals surface area contributed by atoms with E-state index in [1.807, 2.05) is 41.2 Å². The molecule has 0 aliphatic carbocycles. The third kappa shape index (κ3) is 4.36. The van der Waals surface area contributed by atoms with Gasteiger partial charge in [0.25, 0.3) is 0 Å². The molecule has 2 N–H and O–H groups in total. The van der Waals surface area contributed by atoms with Crippen LogP contribution in [0, 0.1) is 0 Å². The zero-order valence-electron chi connectivity index (χ0n) is 11.7. The summed E-state index contributed by atoms with van der Waals surface area (Å²) >= 11 is 0. The Morgan fingerprint density at radius 3 is 3.05 bits per heavy atom. The second kappa shape index (κ2) is 7.67. The summed E-state index contributed by atoms with van der Waals surface area (Å²) in [6, 6.07) is 9.43. The lowest BCUT2D eigenvalue weighted by atomic mass is 10.1. The first-order chi connectivity index (χ1) is 9.79. The average Bonchev–Trinajstić information content (AvgIpc) is 3.00. The number of hydrogen-bond donors (Lipinski definition) is 2. The molecule has 2 aromatic rings. The number of aryl methyl sites for hydroxylation is 1. The minimum atomic E-state index is -0.519. The Morgan fingerprint density at radius 2 is 2.30 bits per heavy atom. The fraction of sp³-hybridized carbons (Fsp3) is 0.400. The van der Waals surface area contributed by atoms with Crippen LogP contribution in [0.5, 0.6) is 5.75 Å². The van der Waals surface area contributed by atoms with Crippen LogP contribution < -0.4 is 10.1 Å². The van der Waals surface area contributed by atoms with Gasteiger partial charge in [0.15, 0.2) is 0 Å². The van der Waals surface area contributed by atoms with Crippen LogP contribution >= 0.6 is 0 Å². The molecule has 0 amide bonds. The highest BCUT2D eigenvalue weighted by molar-refractivity contribution is 5.29. The van der Waals surface area contributed by atoms with Crippen LogP contribution in [0.2, 0.25) is 0 Å². The molecule has 20 heavy (non-hydrogen) atoms. The largest absolute Gasteiger partial charge is 0.497 e. The van der Waals surface area contributed by atoms with Crippen molar-refractivity contribution in [2.45, 2.75) is 19.1 Å². The van der Waals surface area contributed by atoms with Crippen LogP contribution in [-0.2, 0) is 6.54 Å². The highest BCUT2D eigenvalue weighted by Crippen LogP contribution is 2.18. The lowest BCUT2D eigenvalue weighted by Gasteiger charge is -2.13. The maximum atomic E-state index is 10.1. The number of nitrogens with one attached hydrogen (secondary N) is 1. The van der Waals surface area contributed by atoms with Crippen LogP contribution in [0.3, 0.4) is 0 Å². The molecule has 0 spiro atoms. The van der Waals surface area contributed by atoms with E-state index >= 15 is 0 Å². The Balaban J connectivity index is 1.68. The van der Waals surface area contributed by atoms with Crippen molar-refractivity contribution in [2.75, 3.05) is 20.2 Å². The standard InChI is InChI=1S/C15H21N3O2/c1-20-14-6-2-5-13(11-14)15(19)12-16-7-3-9-18-10-4-8-17-18/h2,4-6,8,10-11,15-16,19H,3,7,9,12H2,1H3. The molecule has 1 aromatic carbocycles. The second-order valence-electron chi connectivity index (χ2n) is 4.62. The average molecular weight is 275 g/mol. The van der Waals surface area contributed by atoms with E-state index in [4.69, 9.17) is 4.74 Å². The van der Waals surface area contributed by atoms with E-state index in [2.05, 4.69) is 10.4 Å². The molecular weight excluding hydrogens is 254 g/mol. The van der Waals surface area contributed by atoms with Gasteiger partial charge in [-0.3, -0.25) is 4.68 Å². The van der Waals surface area contributed by atoms with Crippen molar-refractivity contribution >= 4 is 0 Å². The molecule has 108 valence electrons. The Hall–Kier alpha value is -1.85. The third-order valence-electron chi connectivity index (χ3n) is 3.12. The van der Waals surface area contributed by atoms with Gasteiger partial charge in [0.2, 0.25) is 0 Å². The monoisotopic (exact) mass is 275 g/mol. The van der Waals surface area contributed by atoms with Gasteiger partial charge in [0.1, 0.15) is 5.75 Å². The first kappa shape index (κ1) is 14.6. The number of rotatable bonds is 8. The molecule has 1 heterocycles. The number of aromatic nitrogens is 2. The molecule has 0 bridgehead atoms. The topological polar surface area (TPSA) is 59.3 Å². The summed E-state index contributed by atoms with van der Waals surface area (Å²) in [4.78, 5) is 0. The van der Waals surface area contributed by atoms with Gasteiger partial charge in [-0.25, -0.2) is 0 Å². The highest BCUT2D eigenvalue weighted by Gasteiger charge is 2.07. The summed E-state index contributed by atoms with van der Waals surface area (Å²) in [6.45, 7) is 2.27. The summed E-state index contributed by atoms with van der Waals surface area (Å²) in [5.74, 6) is 0.764. The zero-order chi connectivity index (χ0) is 14.2. The highest BCUT2D eigenvalue weighted by atomic mass is 16.5. The fourth-order valence-corrected chi connectivity index (χ4v) is 2.00. The van der Waals surface area contributed by atoms with Crippen LogP contribution in [0.1, 0.15) is 18.1 Å². The molecule has 0 aliphatic rings. The minimum absolute atomic E-state index is 0.519. The summed E-state index contributed by atoms with van der Waals surface area (Å²) < 4.78 is 7.05. The van der Waals surface area contributed by atoms with Crippen molar-refractivity contribution < 1.29 is 9.84 Å². The number of aliphatic hydroxyl groups is 1. The van der Waals surface area contributed by atoms with Gasteiger partial charge in [-0.2, -0.15) is 5.10 Å². The maximum absolute atomic E-state index is 10.1. The Morgan fingerprint density at radius 1 is 1.40 bits per heavy atom. The lowest BCUT2D eigenvalue weighted by Crippen LogP contribution is -2.23. The summed E-state index contributed by atoms with van der Waals surface area (Å²) in [5, 5.41) is 17.5. The van der Waals surface area contributed by atoms with Gasteiger partial charge >= 0.3 is 0 Å². The smallest absolute Gasteiger partial charge is 0.119 e. The van der Waals surface area contributed by atoms with E-state index in [-0.39, 0.29) is 0 Å². The summed E-state index contributed by atoms with van der Waals surface area (Å²) in [7, 11) is 1.62. The van der Waals surface area contributed by atoms with Gasteiger partial charge in [-0.15, -0.1) is 0 Å². The lowest BCUT2D eigenvalue weighted by molar-refractivity contribution is 0.174. The van der Waals surface area contributed by atoms with E-state index < -0.39 is 6.10 Å². The van der Waals surface area contributed by atoms with Crippen LogP contribution in [-0.4, -0.2) is 35.1 Å². The molecule has 0 saturated heterocycles. The molecule has 0 aliphatic heterocycles. The van der Waals surface area contributed by atoms with Crippen LogP contribution in [0.25, 0.3) is 0 Å². The SMILES string of the molecule is COc1cccc(C(O)CNCCCn2cccn2)c1. The maximum Gasteiger partial charge on any atom is 0.119 e. The predicted octanol–water partition coefficient (Wildman–Crippen LogP) is 1.60. The number of aliphatic hydroxyl groups excluding tert-OH is 1. The molecule has 5 heteroatoms. The van der Waals surface area contributed by atoms with Gasteiger partial charge < -0.3 is 15.2 Å². The van der Waals surface area contributed by atoms with E-state index in [1.165, 1.54) is 0 Å². The molecule has 0 radical (unpaired) electrons. The molecule has 0 saturated carbocycles. The van der Waals surface area contributed by atoms with Crippen molar-refractivity contribution in [2.24, 2.45) is 0 Å². The summed E-state index contributed by atoms with van der Waals surface area (Å²) in [5.41, 5.74) is 0.865. The zero-order valence-corrected chi connectivity index (χ0v) is 11.7. The van der Waals surface area contributed by atoms with E-state index in [0.29, 0.717) is 6.54 Å². The van der Waals surface area contributed by atoms with Crippen LogP contribution in [0.4, 0.5) is 0 Å². The Kier molecular flexibility index (Phi) is 5.58. The molecular formula is C15H21N3O2. The number of ether oxygens (including phenoxy) is 1. The number of nitrogens with zero attached hydrogens (tertiary/aromatic N) is 2. The number of methoxy groups -OCH3 is 1. The molecule has 5 nitrogen and oxygen atoms in total. The third-order valence-corrected chi connectivity index (χ3v) is 3.12. The first-order valence-corrected chi connectivity index (χ1v) is 6.80. The van der Waals surface area contributed by atoms with Crippen molar-refractivity contribution in [3.63, 3.8) is 0 Å². The van der Waals surface area contributed by atoms with Gasteiger partial charge in [0, 0.05) is 25.5 Å². The van der Waals surface area contributed by atoms with E-state index in [9.17, 15) is 5.11 Å². The van der Waals surface area contributed by atoms with Crippen molar-refractivity contribution in [1.29, 1.82) is 0 Å². The summed E-state index contributed by atoms with van der Waals surface area (Å²) in [6.07, 6.45) is 4.19. The minimum Gasteiger partial charge on any atom is -0.497 e. The van der Waals surface area contributed by atoms with Crippen molar-refractivity contribution in [3.05, 3.63) is 48.3 Å². The molecule has 0 fully saturated rings. The second-order valence-corrected chi connectivity index (χ2v) is 4.62. The van der Waals surface area contributed by atoms with Crippen LogP contribution in [0.15, 0.2) is 42.7 Å². The molecule has 1 atom stereocenters.